The molecular weight excluding hydrogens is 262 g/mol. The molecule has 0 saturated carbocycles. The van der Waals surface area contributed by atoms with E-state index >= 15 is 0 Å². The van der Waals surface area contributed by atoms with E-state index in [2.05, 4.69) is 10.6 Å². The normalized spacial score (nSPS) is 11.8. The monoisotopic (exact) mass is 279 g/mol. The highest BCUT2D eigenvalue weighted by molar-refractivity contribution is 5.97. The molecule has 0 aliphatic rings. The standard InChI is InChI=1S/C13H17N3O4/c1-8(2)12(14-9(3)17)13(18)15-10-5-4-6-11(7-10)16(19)20/h4-8,12H,1-3H3,(H,14,17)(H,15,18)/t12-/m1/s1. The summed E-state index contributed by atoms with van der Waals surface area (Å²) >= 11 is 0. The smallest absolute Gasteiger partial charge is 0.271 e. The Balaban J connectivity index is 2.85. The summed E-state index contributed by atoms with van der Waals surface area (Å²) in [5, 5.41) is 15.8. The van der Waals surface area contributed by atoms with Gasteiger partial charge in [0.2, 0.25) is 11.8 Å². The number of carbonyl (C=O) groups excluding carboxylic acids is 2. The van der Waals surface area contributed by atoms with Crippen molar-refractivity contribution in [1.82, 2.24) is 5.32 Å². The third kappa shape index (κ3) is 4.34. The average molecular weight is 279 g/mol. The van der Waals surface area contributed by atoms with Crippen molar-refractivity contribution < 1.29 is 14.5 Å². The maximum atomic E-state index is 12.1. The summed E-state index contributed by atoms with van der Waals surface area (Å²) in [6.45, 7) is 4.93. The topological polar surface area (TPSA) is 101 Å². The van der Waals surface area contributed by atoms with Crippen LogP contribution in [0.4, 0.5) is 11.4 Å². The van der Waals surface area contributed by atoms with Crippen molar-refractivity contribution in [1.29, 1.82) is 0 Å². The summed E-state index contributed by atoms with van der Waals surface area (Å²) in [4.78, 5) is 33.3. The van der Waals surface area contributed by atoms with Gasteiger partial charge in [-0.1, -0.05) is 19.9 Å². The van der Waals surface area contributed by atoms with Crippen molar-refractivity contribution in [3.8, 4) is 0 Å². The summed E-state index contributed by atoms with van der Waals surface area (Å²) in [5.74, 6) is -0.814. The lowest BCUT2D eigenvalue weighted by atomic mass is 10.0. The molecule has 0 fully saturated rings. The molecule has 0 aromatic heterocycles. The van der Waals surface area contributed by atoms with Crippen molar-refractivity contribution in [2.75, 3.05) is 5.32 Å². The predicted octanol–water partition coefficient (Wildman–Crippen LogP) is 1.69. The molecule has 0 aliphatic heterocycles. The molecule has 1 atom stereocenters. The van der Waals surface area contributed by atoms with Crippen LogP contribution in [-0.4, -0.2) is 22.8 Å². The van der Waals surface area contributed by atoms with Crippen LogP contribution < -0.4 is 10.6 Å². The quantitative estimate of drug-likeness (QED) is 0.632. The molecule has 7 heteroatoms. The highest BCUT2D eigenvalue weighted by atomic mass is 16.6. The van der Waals surface area contributed by atoms with Crippen LogP contribution in [-0.2, 0) is 9.59 Å². The second-order valence-corrected chi connectivity index (χ2v) is 4.72. The number of nitro benzene ring substituents is 1. The average Bonchev–Trinajstić information content (AvgIpc) is 2.35. The van der Waals surface area contributed by atoms with E-state index in [9.17, 15) is 19.7 Å². The maximum Gasteiger partial charge on any atom is 0.271 e. The highest BCUT2D eigenvalue weighted by Crippen LogP contribution is 2.17. The minimum absolute atomic E-state index is 0.0994. The second kappa shape index (κ2) is 6.65. The summed E-state index contributed by atoms with van der Waals surface area (Å²) < 4.78 is 0. The molecule has 0 spiro atoms. The number of amides is 2. The fourth-order valence-electron chi connectivity index (χ4n) is 1.67. The number of hydrogen-bond donors (Lipinski definition) is 2. The lowest BCUT2D eigenvalue weighted by Crippen LogP contribution is -2.46. The Morgan fingerprint density at radius 1 is 1.30 bits per heavy atom. The number of rotatable bonds is 5. The Morgan fingerprint density at radius 2 is 1.95 bits per heavy atom. The fourth-order valence-corrected chi connectivity index (χ4v) is 1.67. The van der Waals surface area contributed by atoms with Crippen LogP contribution in [0.15, 0.2) is 24.3 Å². The van der Waals surface area contributed by atoms with Crippen LogP contribution in [0.3, 0.4) is 0 Å². The van der Waals surface area contributed by atoms with E-state index < -0.39 is 16.9 Å². The first-order valence-corrected chi connectivity index (χ1v) is 6.13. The Bertz CT molecular complexity index is 528. The SMILES string of the molecule is CC(=O)N[C@@H](C(=O)Nc1cccc([N+](=O)[O-])c1)C(C)C. The number of nitrogens with zero attached hydrogens (tertiary/aromatic N) is 1. The van der Waals surface area contributed by atoms with E-state index in [0.29, 0.717) is 5.69 Å². The Hall–Kier alpha value is -2.44. The van der Waals surface area contributed by atoms with Crippen molar-refractivity contribution >= 4 is 23.2 Å². The molecule has 0 heterocycles. The van der Waals surface area contributed by atoms with Gasteiger partial charge in [0.15, 0.2) is 0 Å². The lowest BCUT2D eigenvalue weighted by Gasteiger charge is -2.20. The third-order valence-corrected chi connectivity index (χ3v) is 2.63. The first kappa shape index (κ1) is 15.6. The van der Waals surface area contributed by atoms with E-state index in [4.69, 9.17) is 0 Å². The number of non-ortho nitro benzene ring substituents is 1. The largest absolute Gasteiger partial charge is 0.344 e. The van der Waals surface area contributed by atoms with Crippen LogP contribution >= 0.6 is 0 Å². The molecule has 0 bridgehead atoms. The first-order valence-electron chi connectivity index (χ1n) is 6.13. The summed E-state index contributed by atoms with van der Waals surface area (Å²) in [6.07, 6.45) is 0. The maximum absolute atomic E-state index is 12.1. The third-order valence-electron chi connectivity index (χ3n) is 2.63. The van der Waals surface area contributed by atoms with Crippen LogP contribution in [0.1, 0.15) is 20.8 Å². The number of hydrogen-bond acceptors (Lipinski definition) is 4. The van der Waals surface area contributed by atoms with Gasteiger partial charge in [0.1, 0.15) is 6.04 Å². The minimum atomic E-state index is -0.688. The molecule has 7 nitrogen and oxygen atoms in total. The molecule has 1 rings (SSSR count). The van der Waals surface area contributed by atoms with E-state index in [-0.39, 0.29) is 17.5 Å². The number of carbonyl (C=O) groups is 2. The summed E-state index contributed by atoms with van der Waals surface area (Å²) in [5.41, 5.74) is 0.212. The van der Waals surface area contributed by atoms with Crippen LogP contribution in [0.25, 0.3) is 0 Å². The molecule has 108 valence electrons. The van der Waals surface area contributed by atoms with Gasteiger partial charge >= 0.3 is 0 Å². The van der Waals surface area contributed by atoms with Crippen molar-refractivity contribution in [2.24, 2.45) is 5.92 Å². The van der Waals surface area contributed by atoms with Crippen molar-refractivity contribution in [2.45, 2.75) is 26.8 Å². The van der Waals surface area contributed by atoms with Crippen molar-refractivity contribution in [3.63, 3.8) is 0 Å². The lowest BCUT2D eigenvalue weighted by molar-refractivity contribution is -0.384. The molecular formula is C13H17N3O4. The highest BCUT2D eigenvalue weighted by Gasteiger charge is 2.23. The molecule has 2 N–H and O–H groups in total. The number of benzene rings is 1. The zero-order chi connectivity index (χ0) is 15.3. The van der Waals surface area contributed by atoms with E-state index in [1.165, 1.54) is 25.1 Å². The van der Waals surface area contributed by atoms with Gasteiger partial charge in [-0.3, -0.25) is 19.7 Å². The number of nitro groups is 1. The van der Waals surface area contributed by atoms with E-state index in [1.54, 1.807) is 19.9 Å². The summed E-state index contributed by atoms with van der Waals surface area (Å²) in [6, 6.07) is 4.95. The molecule has 0 saturated heterocycles. The van der Waals surface area contributed by atoms with Crippen LogP contribution in [0.2, 0.25) is 0 Å². The predicted molar refractivity (Wildman–Crippen MR) is 74.2 cm³/mol. The number of nitrogens with one attached hydrogen (secondary N) is 2. The van der Waals surface area contributed by atoms with Crippen molar-refractivity contribution in [3.05, 3.63) is 34.4 Å². The summed E-state index contributed by atoms with van der Waals surface area (Å²) in [7, 11) is 0. The van der Waals surface area contributed by atoms with Gasteiger partial charge in [-0.25, -0.2) is 0 Å². The first-order chi connectivity index (χ1) is 9.31. The zero-order valence-electron chi connectivity index (χ0n) is 11.5. The molecule has 20 heavy (non-hydrogen) atoms. The van der Waals surface area contributed by atoms with E-state index in [1.807, 2.05) is 0 Å². The van der Waals surface area contributed by atoms with Gasteiger partial charge in [-0.05, 0) is 12.0 Å². The Kier molecular flexibility index (Phi) is 5.19. The zero-order valence-corrected chi connectivity index (χ0v) is 11.5. The van der Waals surface area contributed by atoms with Gasteiger partial charge in [0.05, 0.1) is 4.92 Å². The molecule has 1 aromatic carbocycles. The molecule has 0 radical (unpaired) electrons. The van der Waals surface area contributed by atoms with Gasteiger partial charge in [-0.15, -0.1) is 0 Å². The van der Waals surface area contributed by atoms with Crippen LogP contribution in [0.5, 0.6) is 0 Å². The molecule has 0 aliphatic carbocycles. The van der Waals surface area contributed by atoms with E-state index in [0.717, 1.165) is 0 Å². The van der Waals surface area contributed by atoms with Gasteiger partial charge in [0, 0.05) is 24.7 Å². The minimum Gasteiger partial charge on any atom is -0.344 e. The Morgan fingerprint density at radius 3 is 2.45 bits per heavy atom. The molecule has 1 aromatic rings. The van der Waals surface area contributed by atoms with Gasteiger partial charge in [-0.2, -0.15) is 0 Å². The number of anilines is 1. The van der Waals surface area contributed by atoms with Gasteiger partial charge < -0.3 is 10.6 Å². The van der Waals surface area contributed by atoms with Crippen LogP contribution in [0, 0.1) is 16.0 Å². The van der Waals surface area contributed by atoms with Gasteiger partial charge in [0.25, 0.3) is 5.69 Å². The second-order valence-electron chi connectivity index (χ2n) is 4.72. The fraction of sp³-hybridized carbons (Fsp3) is 0.385. The molecule has 0 unspecified atom stereocenters. The Labute approximate surface area is 116 Å². The molecule has 2 amide bonds.